The first kappa shape index (κ1) is 25.2. The summed E-state index contributed by atoms with van der Waals surface area (Å²) >= 11 is 0. The fourth-order valence-electron chi connectivity index (χ4n) is 4.65. The number of H-pyrrole nitrogens is 1. The Balaban J connectivity index is 1.47. The molecule has 5 rings (SSSR count). The van der Waals surface area contributed by atoms with E-state index in [1.165, 1.54) is 0 Å². The maximum Gasteiger partial charge on any atom is 0.320 e. The number of benzene rings is 1. The minimum Gasteiger partial charge on any atom is -0.480 e. The van der Waals surface area contributed by atoms with Gasteiger partial charge in [-0.2, -0.15) is 0 Å². The fourth-order valence-corrected chi connectivity index (χ4v) is 4.65. The zero-order valence-corrected chi connectivity index (χ0v) is 20.9. The van der Waals surface area contributed by atoms with Gasteiger partial charge in [0.1, 0.15) is 17.5 Å². The second-order valence-electron chi connectivity index (χ2n) is 9.02. The van der Waals surface area contributed by atoms with E-state index in [9.17, 15) is 9.59 Å². The van der Waals surface area contributed by atoms with Crippen molar-refractivity contribution in [1.29, 1.82) is 0 Å². The fraction of sp³-hybridized carbons (Fsp3) is 0.259. The summed E-state index contributed by atoms with van der Waals surface area (Å²) < 4.78 is 15.9. The molecular formula is C27H28FN7O3. The number of pyridine rings is 2. The summed E-state index contributed by atoms with van der Waals surface area (Å²) in [5, 5.41) is 14.7. The van der Waals surface area contributed by atoms with Crippen molar-refractivity contribution in [3.05, 3.63) is 60.7 Å². The van der Waals surface area contributed by atoms with Crippen LogP contribution in [0.3, 0.4) is 0 Å². The summed E-state index contributed by atoms with van der Waals surface area (Å²) in [6.45, 7) is 4.89. The lowest BCUT2D eigenvalue weighted by Crippen LogP contribution is -2.48. The van der Waals surface area contributed by atoms with Crippen molar-refractivity contribution < 1.29 is 19.1 Å². The summed E-state index contributed by atoms with van der Waals surface area (Å²) in [6.07, 6.45) is 3.32. The number of piperazine rings is 1. The van der Waals surface area contributed by atoms with Crippen LogP contribution >= 0.6 is 0 Å². The molecule has 196 valence electrons. The summed E-state index contributed by atoms with van der Waals surface area (Å²) in [6, 6.07) is 12.1. The smallest absolute Gasteiger partial charge is 0.320 e. The number of halogens is 1. The van der Waals surface area contributed by atoms with E-state index in [4.69, 9.17) is 5.11 Å². The van der Waals surface area contributed by atoms with Gasteiger partial charge >= 0.3 is 12.0 Å². The SMILES string of the molecule is CCNC(=O)Nc1cc2c(F)c(-c3ccc(N4CCN(CC(=O)O)CC4)nc3)cc(-c3ccccn3)c2[nH]1. The van der Waals surface area contributed by atoms with Crippen molar-refractivity contribution in [2.24, 2.45) is 0 Å². The van der Waals surface area contributed by atoms with Gasteiger partial charge in [0, 0.05) is 67.2 Å². The Bertz CT molecular complexity index is 1450. The van der Waals surface area contributed by atoms with E-state index in [0.717, 1.165) is 5.82 Å². The number of anilines is 2. The molecule has 1 aliphatic heterocycles. The van der Waals surface area contributed by atoms with Crippen LogP contribution in [0.5, 0.6) is 0 Å². The highest BCUT2D eigenvalue weighted by Crippen LogP contribution is 2.37. The number of nitrogens with one attached hydrogen (secondary N) is 3. The third-order valence-electron chi connectivity index (χ3n) is 6.49. The zero-order chi connectivity index (χ0) is 26.6. The van der Waals surface area contributed by atoms with Crippen molar-refractivity contribution in [2.75, 3.05) is 49.5 Å². The number of nitrogens with zero attached hydrogens (tertiary/aromatic N) is 4. The molecule has 1 aromatic carbocycles. The van der Waals surface area contributed by atoms with Gasteiger partial charge in [-0.25, -0.2) is 14.2 Å². The number of carbonyl (C=O) groups is 2. The van der Waals surface area contributed by atoms with Gasteiger partial charge < -0.3 is 20.3 Å². The molecule has 0 radical (unpaired) electrons. The van der Waals surface area contributed by atoms with Crippen LogP contribution in [0, 0.1) is 5.82 Å². The number of carboxylic acid groups (broad SMARTS) is 1. The van der Waals surface area contributed by atoms with Gasteiger partial charge in [-0.15, -0.1) is 0 Å². The Hall–Kier alpha value is -4.51. The predicted octanol–water partition coefficient (Wildman–Crippen LogP) is 3.78. The standard InChI is InChI=1S/C27H28FN7O3/c1-2-29-27(38)33-22-14-20-25(28)18(13-19(26(20)32-22)21-5-3-4-8-30-21)17-6-7-23(31-15-17)35-11-9-34(10-12-35)16-24(36)37/h3-8,13-15,32H,2,9-12,16H2,1H3,(H,36,37)(H2,29,33,38). The van der Waals surface area contributed by atoms with E-state index >= 15 is 4.39 Å². The third-order valence-corrected chi connectivity index (χ3v) is 6.49. The monoisotopic (exact) mass is 517 g/mol. The molecule has 0 spiro atoms. The first-order valence-electron chi connectivity index (χ1n) is 12.4. The van der Waals surface area contributed by atoms with E-state index in [1.807, 2.05) is 42.2 Å². The van der Waals surface area contributed by atoms with Crippen LogP contribution in [0.1, 0.15) is 6.92 Å². The number of aliphatic carboxylic acids is 1. The van der Waals surface area contributed by atoms with Crippen LogP contribution in [-0.2, 0) is 4.79 Å². The highest BCUT2D eigenvalue weighted by Gasteiger charge is 2.21. The number of amides is 2. The molecule has 10 nitrogen and oxygen atoms in total. The average molecular weight is 518 g/mol. The van der Waals surface area contributed by atoms with Crippen molar-refractivity contribution in [2.45, 2.75) is 6.92 Å². The first-order valence-corrected chi connectivity index (χ1v) is 12.4. The number of hydrogen-bond acceptors (Lipinski definition) is 6. The van der Waals surface area contributed by atoms with Crippen molar-refractivity contribution in [3.63, 3.8) is 0 Å². The van der Waals surface area contributed by atoms with E-state index in [0.29, 0.717) is 71.8 Å². The number of carboxylic acids is 1. The van der Waals surface area contributed by atoms with E-state index < -0.39 is 11.8 Å². The molecular weight excluding hydrogens is 489 g/mol. The first-order chi connectivity index (χ1) is 18.4. The van der Waals surface area contributed by atoms with Gasteiger partial charge in [0.25, 0.3) is 0 Å². The molecule has 0 bridgehead atoms. The number of carbonyl (C=O) groups excluding carboxylic acids is 1. The maximum atomic E-state index is 15.9. The molecule has 1 saturated heterocycles. The van der Waals surface area contributed by atoms with Crippen LogP contribution in [-0.4, -0.2) is 76.2 Å². The highest BCUT2D eigenvalue weighted by atomic mass is 19.1. The maximum absolute atomic E-state index is 15.9. The van der Waals surface area contributed by atoms with E-state index in [1.54, 1.807) is 24.5 Å². The molecule has 4 N–H and O–H groups in total. The zero-order valence-electron chi connectivity index (χ0n) is 20.9. The normalized spacial score (nSPS) is 14.0. The van der Waals surface area contributed by atoms with Crippen molar-refractivity contribution in [1.82, 2.24) is 25.2 Å². The summed E-state index contributed by atoms with van der Waals surface area (Å²) in [5.41, 5.74) is 2.86. The largest absolute Gasteiger partial charge is 0.480 e. The van der Waals surface area contributed by atoms with Crippen LogP contribution < -0.4 is 15.5 Å². The molecule has 0 atom stereocenters. The Morgan fingerprint density at radius 1 is 1.08 bits per heavy atom. The molecule has 0 saturated carbocycles. The lowest BCUT2D eigenvalue weighted by Gasteiger charge is -2.34. The molecule has 11 heteroatoms. The van der Waals surface area contributed by atoms with Crippen LogP contribution in [0.4, 0.5) is 20.8 Å². The molecule has 3 aromatic heterocycles. The third kappa shape index (κ3) is 5.28. The molecule has 38 heavy (non-hydrogen) atoms. The number of urea groups is 1. The molecule has 4 aromatic rings. The molecule has 1 fully saturated rings. The number of hydrogen-bond donors (Lipinski definition) is 4. The second kappa shape index (κ2) is 10.9. The summed E-state index contributed by atoms with van der Waals surface area (Å²) in [7, 11) is 0. The van der Waals surface area contributed by atoms with Gasteiger partial charge in [-0.05, 0) is 43.3 Å². The van der Waals surface area contributed by atoms with Crippen LogP contribution in [0.15, 0.2) is 54.9 Å². The van der Waals surface area contributed by atoms with Gasteiger partial charge in [-0.1, -0.05) is 6.07 Å². The minimum absolute atomic E-state index is 0.0280. The Morgan fingerprint density at radius 2 is 1.89 bits per heavy atom. The Kier molecular flexibility index (Phi) is 7.18. The number of fused-ring (bicyclic) bond motifs is 1. The predicted molar refractivity (Wildman–Crippen MR) is 144 cm³/mol. The van der Waals surface area contributed by atoms with Gasteiger partial charge in [0.05, 0.1) is 17.8 Å². The minimum atomic E-state index is -0.834. The number of rotatable bonds is 7. The quantitative estimate of drug-likeness (QED) is 0.294. The van der Waals surface area contributed by atoms with Gasteiger partial charge in [0.15, 0.2) is 0 Å². The topological polar surface area (TPSA) is 126 Å². The van der Waals surface area contributed by atoms with Crippen LogP contribution in [0.2, 0.25) is 0 Å². The average Bonchev–Trinajstić information content (AvgIpc) is 3.34. The molecule has 0 aliphatic carbocycles. The van der Waals surface area contributed by atoms with Gasteiger partial charge in [0.2, 0.25) is 0 Å². The second-order valence-corrected chi connectivity index (χ2v) is 9.02. The molecule has 2 amide bonds. The van der Waals surface area contributed by atoms with E-state index in [2.05, 4.69) is 30.5 Å². The lowest BCUT2D eigenvalue weighted by atomic mass is 9.98. The highest BCUT2D eigenvalue weighted by molar-refractivity contribution is 6.01. The number of aromatic nitrogens is 3. The molecule has 0 unspecified atom stereocenters. The van der Waals surface area contributed by atoms with Crippen molar-refractivity contribution in [3.8, 4) is 22.4 Å². The Labute approximate surface area is 218 Å². The van der Waals surface area contributed by atoms with E-state index in [-0.39, 0.29) is 12.6 Å². The summed E-state index contributed by atoms with van der Waals surface area (Å²) in [4.78, 5) is 39.2. The van der Waals surface area contributed by atoms with Gasteiger partial charge in [-0.3, -0.25) is 20.0 Å². The molecule has 4 heterocycles. The molecule has 1 aliphatic rings. The lowest BCUT2D eigenvalue weighted by molar-refractivity contribution is -0.138. The summed E-state index contributed by atoms with van der Waals surface area (Å²) in [5.74, 6) is -0.142. The van der Waals surface area contributed by atoms with Crippen LogP contribution in [0.25, 0.3) is 33.3 Å². The van der Waals surface area contributed by atoms with Crippen molar-refractivity contribution >= 4 is 34.5 Å². The Morgan fingerprint density at radius 3 is 2.55 bits per heavy atom. The number of aromatic amines is 1.